The van der Waals surface area contributed by atoms with Crippen LogP contribution in [0.15, 0.2) is 5.38 Å². The number of ether oxygens (including phenoxy) is 1. The zero-order valence-electron chi connectivity index (χ0n) is 9.40. The first-order valence-electron chi connectivity index (χ1n) is 4.91. The third-order valence-corrected chi connectivity index (χ3v) is 3.92. The van der Waals surface area contributed by atoms with Crippen LogP contribution in [0.4, 0.5) is 0 Å². The number of thioether (sulfide) groups is 1. The number of rotatable bonds is 6. The molecule has 0 spiro atoms. The van der Waals surface area contributed by atoms with Crippen LogP contribution in [0, 0.1) is 0 Å². The lowest BCUT2D eigenvalue weighted by molar-refractivity contribution is 0.119. The summed E-state index contributed by atoms with van der Waals surface area (Å²) >= 11 is 3.43. The summed E-state index contributed by atoms with van der Waals surface area (Å²) in [6.07, 6.45) is 3.13. The minimum atomic E-state index is 0.0616. The average molecular weight is 246 g/mol. The Kier molecular flexibility index (Phi) is 5.60. The molecule has 0 radical (unpaired) electrons. The molecule has 0 aliphatic carbocycles. The topological polar surface area (TPSA) is 48.1 Å². The highest BCUT2D eigenvalue weighted by Gasteiger charge is 2.13. The Balaban J connectivity index is 2.58. The van der Waals surface area contributed by atoms with E-state index in [1.165, 1.54) is 0 Å². The Bertz CT molecular complexity index is 291. The largest absolute Gasteiger partial charge is 0.375 e. The van der Waals surface area contributed by atoms with Crippen molar-refractivity contribution in [3.05, 3.63) is 16.1 Å². The SMILES string of the molecule is COC(C)c1nc(C(N)CCSC)cs1. The fourth-order valence-electron chi connectivity index (χ4n) is 1.15. The zero-order valence-corrected chi connectivity index (χ0v) is 11.0. The molecule has 0 bridgehead atoms. The third-order valence-electron chi connectivity index (χ3n) is 2.25. The van der Waals surface area contributed by atoms with Gasteiger partial charge in [-0.1, -0.05) is 0 Å². The lowest BCUT2D eigenvalue weighted by atomic mass is 10.2. The number of aromatic nitrogens is 1. The van der Waals surface area contributed by atoms with Crippen molar-refractivity contribution in [2.45, 2.75) is 25.5 Å². The van der Waals surface area contributed by atoms with Crippen LogP contribution >= 0.6 is 23.1 Å². The molecule has 0 saturated heterocycles. The second-order valence-electron chi connectivity index (χ2n) is 3.38. The van der Waals surface area contributed by atoms with E-state index in [1.807, 2.05) is 24.1 Å². The lowest BCUT2D eigenvalue weighted by Gasteiger charge is -2.07. The van der Waals surface area contributed by atoms with Crippen molar-refractivity contribution in [2.75, 3.05) is 19.1 Å². The van der Waals surface area contributed by atoms with Gasteiger partial charge >= 0.3 is 0 Å². The Morgan fingerprint density at radius 1 is 1.67 bits per heavy atom. The number of methoxy groups -OCH3 is 1. The number of nitrogens with zero attached hydrogens (tertiary/aromatic N) is 1. The van der Waals surface area contributed by atoms with E-state index in [2.05, 4.69) is 11.2 Å². The predicted molar refractivity (Wildman–Crippen MR) is 67.5 cm³/mol. The van der Waals surface area contributed by atoms with E-state index in [4.69, 9.17) is 10.5 Å². The highest BCUT2D eigenvalue weighted by Crippen LogP contribution is 2.24. The standard InChI is InChI=1S/C10H18N2OS2/c1-7(13-2)10-12-9(6-15-10)8(11)4-5-14-3/h6-8H,4-5,11H2,1-3H3. The summed E-state index contributed by atoms with van der Waals surface area (Å²) in [5, 5.41) is 3.04. The van der Waals surface area contributed by atoms with Crippen LogP contribution in [-0.2, 0) is 4.74 Å². The Morgan fingerprint density at radius 3 is 3.00 bits per heavy atom. The first-order chi connectivity index (χ1) is 7.19. The van der Waals surface area contributed by atoms with Gasteiger partial charge in [-0.15, -0.1) is 11.3 Å². The maximum Gasteiger partial charge on any atom is 0.122 e. The molecule has 5 heteroatoms. The molecular weight excluding hydrogens is 228 g/mol. The molecule has 0 aliphatic heterocycles. The molecule has 86 valence electrons. The van der Waals surface area contributed by atoms with Crippen LogP contribution < -0.4 is 5.73 Å². The van der Waals surface area contributed by atoms with Gasteiger partial charge < -0.3 is 10.5 Å². The molecule has 2 unspecified atom stereocenters. The van der Waals surface area contributed by atoms with Crippen LogP contribution in [0.2, 0.25) is 0 Å². The molecule has 2 N–H and O–H groups in total. The summed E-state index contributed by atoms with van der Waals surface area (Å²) in [7, 11) is 1.69. The summed E-state index contributed by atoms with van der Waals surface area (Å²) in [6.45, 7) is 2.00. The van der Waals surface area contributed by atoms with Crippen molar-refractivity contribution in [3.63, 3.8) is 0 Å². The smallest absolute Gasteiger partial charge is 0.122 e. The van der Waals surface area contributed by atoms with Gasteiger partial charge in [0, 0.05) is 18.5 Å². The van der Waals surface area contributed by atoms with Crippen LogP contribution in [0.3, 0.4) is 0 Å². The average Bonchev–Trinajstić information content (AvgIpc) is 2.74. The van der Waals surface area contributed by atoms with Gasteiger partial charge in [-0.25, -0.2) is 4.98 Å². The molecular formula is C10H18N2OS2. The Hall–Kier alpha value is -0.100. The van der Waals surface area contributed by atoms with Gasteiger partial charge in [-0.05, 0) is 25.4 Å². The van der Waals surface area contributed by atoms with Crippen molar-refractivity contribution >= 4 is 23.1 Å². The molecule has 0 aliphatic rings. The minimum Gasteiger partial charge on any atom is -0.375 e. The van der Waals surface area contributed by atoms with Crippen molar-refractivity contribution < 1.29 is 4.74 Å². The van der Waals surface area contributed by atoms with Gasteiger partial charge in [0.1, 0.15) is 11.1 Å². The number of hydrogen-bond acceptors (Lipinski definition) is 5. The second kappa shape index (κ2) is 6.48. The molecule has 0 fully saturated rings. The number of nitrogens with two attached hydrogens (primary N) is 1. The minimum absolute atomic E-state index is 0.0616. The van der Waals surface area contributed by atoms with Crippen LogP contribution in [0.5, 0.6) is 0 Å². The number of thiazole rings is 1. The van der Waals surface area contributed by atoms with Gasteiger partial charge in [-0.2, -0.15) is 11.8 Å². The summed E-state index contributed by atoms with van der Waals surface area (Å²) in [4.78, 5) is 4.49. The Labute approximate surface area is 99.4 Å². The third kappa shape index (κ3) is 3.75. The molecule has 1 aromatic heterocycles. The fourth-order valence-corrected chi connectivity index (χ4v) is 2.56. The van der Waals surface area contributed by atoms with Gasteiger partial charge in [0.25, 0.3) is 0 Å². The highest BCUT2D eigenvalue weighted by atomic mass is 32.2. The van der Waals surface area contributed by atoms with Crippen molar-refractivity contribution in [3.8, 4) is 0 Å². The first-order valence-corrected chi connectivity index (χ1v) is 7.19. The normalized spacial score (nSPS) is 15.2. The molecule has 1 heterocycles. The van der Waals surface area contributed by atoms with Crippen molar-refractivity contribution in [1.82, 2.24) is 4.98 Å². The lowest BCUT2D eigenvalue weighted by Crippen LogP contribution is -2.12. The van der Waals surface area contributed by atoms with E-state index in [0.29, 0.717) is 0 Å². The van der Waals surface area contributed by atoms with Gasteiger partial charge in [0.2, 0.25) is 0 Å². The van der Waals surface area contributed by atoms with Crippen LogP contribution in [0.25, 0.3) is 0 Å². The van der Waals surface area contributed by atoms with E-state index < -0.39 is 0 Å². The molecule has 0 amide bonds. The molecule has 15 heavy (non-hydrogen) atoms. The summed E-state index contributed by atoms with van der Waals surface area (Å²) in [5.74, 6) is 1.08. The maximum absolute atomic E-state index is 6.03. The van der Waals surface area contributed by atoms with Gasteiger partial charge in [0.05, 0.1) is 5.69 Å². The molecule has 3 nitrogen and oxygen atoms in total. The fraction of sp³-hybridized carbons (Fsp3) is 0.700. The van der Waals surface area contributed by atoms with E-state index in [-0.39, 0.29) is 12.1 Å². The van der Waals surface area contributed by atoms with Crippen molar-refractivity contribution in [2.24, 2.45) is 5.73 Å². The first kappa shape index (κ1) is 13.0. The quantitative estimate of drug-likeness (QED) is 0.838. The molecule has 1 aromatic rings. The van der Waals surface area contributed by atoms with E-state index in [0.717, 1.165) is 22.9 Å². The van der Waals surface area contributed by atoms with E-state index in [1.54, 1.807) is 18.4 Å². The molecule has 0 aromatic carbocycles. The molecule has 2 atom stereocenters. The number of hydrogen-bond donors (Lipinski definition) is 1. The molecule has 1 rings (SSSR count). The summed E-state index contributed by atoms with van der Waals surface area (Å²) in [6, 6.07) is 0.0616. The van der Waals surface area contributed by atoms with Gasteiger partial charge in [-0.3, -0.25) is 0 Å². The summed E-state index contributed by atoms with van der Waals surface area (Å²) in [5.41, 5.74) is 7.02. The predicted octanol–water partition coefficient (Wildman–Crippen LogP) is 2.60. The highest BCUT2D eigenvalue weighted by molar-refractivity contribution is 7.98. The second-order valence-corrected chi connectivity index (χ2v) is 5.25. The van der Waals surface area contributed by atoms with Gasteiger partial charge in [0.15, 0.2) is 0 Å². The Morgan fingerprint density at radius 2 is 2.40 bits per heavy atom. The van der Waals surface area contributed by atoms with Crippen LogP contribution in [-0.4, -0.2) is 24.1 Å². The molecule has 0 saturated carbocycles. The summed E-state index contributed by atoms with van der Waals surface area (Å²) < 4.78 is 5.21. The zero-order chi connectivity index (χ0) is 11.3. The maximum atomic E-state index is 6.03. The van der Waals surface area contributed by atoms with Crippen molar-refractivity contribution in [1.29, 1.82) is 0 Å². The van der Waals surface area contributed by atoms with Crippen LogP contribution in [0.1, 0.15) is 36.2 Å². The monoisotopic (exact) mass is 246 g/mol. The van der Waals surface area contributed by atoms with E-state index in [9.17, 15) is 0 Å². The van der Waals surface area contributed by atoms with E-state index >= 15 is 0 Å².